The zero-order valence-corrected chi connectivity index (χ0v) is 19.6. The van der Waals surface area contributed by atoms with Gasteiger partial charge in [0, 0.05) is 18.5 Å². The molecular formula is C24H23F5N4O3. The predicted octanol–water partition coefficient (Wildman–Crippen LogP) is 5.10. The number of hydrogen-bond donors (Lipinski definition) is 1. The Morgan fingerprint density at radius 2 is 1.92 bits per heavy atom. The van der Waals surface area contributed by atoms with Crippen LogP contribution in [-0.4, -0.2) is 32.5 Å². The number of carbonyl (C=O) groups excluding carboxylic acids is 1. The number of aryl methyl sites for hydroxylation is 2. The molecule has 1 amide bonds. The molecule has 1 saturated carbocycles. The molecule has 0 aliphatic heterocycles. The number of nitrogens with one attached hydrogen (secondary N) is 1. The monoisotopic (exact) mass is 510 g/mol. The number of anilines is 1. The summed E-state index contributed by atoms with van der Waals surface area (Å²) in [6.07, 6.45) is -5.29. The Kier molecular flexibility index (Phi) is 6.63. The number of benzene rings is 2. The molecule has 1 fully saturated rings. The number of nitrogens with zero attached hydrogens (tertiary/aromatic N) is 3. The van der Waals surface area contributed by atoms with Gasteiger partial charge < -0.3 is 10.1 Å². The zero-order valence-electron chi connectivity index (χ0n) is 19.6. The first-order valence-corrected chi connectivity index (χ1v) is 11.3. The molecule has 1 unspecified atom stereocenters. The number of carbonyl (C=O) groups is 1. The molecule has 1 aromatic heterocycles. The Balaban J connectivity index is 1.82. The molecule has 1 N–H and O–H groups in total. The highest BCUT2D eigenvalue weighted by atomic mass is 19.4. The number of ether oxygens (including phenoxy) is 1. The van der Waals surface area contributed by atoms with Gasteiger partial charge in [-0.05, 0) is 44.4 Å². The molecule has 1 atom stereocenters. The van der Waals surface area contributed by atoms with Gasteiger partial charge in [-0.15, -0.1) is 5.10 Å². The first-order chi connectivity index (χ1) is 16.9. The number of rotatable bonds is 7. The van der Waals surface area contributed by atoms with Crippen molar-refractivity contribution in [2.45, 2.75) is 58.4 Å². The van der Waals surface area contributed by atoms with Gasteiger partial charge in [0.1, 0.15) is 28.9 Å². The lowest BCUT2D eigenvalue weighted by Crippen LogP contribution is -2.32. The quantitative estimate of drug-likeness (QED) is 0.449. The molecule has 4 rings (SSSR count). The molecule has 0 saturated heterocycles. The average molecular weight is 510 g/mol. The summed E-state index contributed by atoms with van der Waals surface area (Å²) in [6, 6.07) is 5.42. The number of para-hydroxylation sites is 1. The molecule has 7 nitrogen and oxygen atoms in total. The summed E-state index contributed by atoms with van der Waals surface area (Å²) >= 11 is 0. The van der Waals surface area contributed by atoms with Gasteiger partial charge in [0.15, 0.2) is 6.10 Å². The third-order valence-electron chi connectivity index (χ3n) is 5.86. The van der Waals surface area contributed by atoms with Crippen molar-refractivity contribution in [2.75, 3.05) is 5.32 Å². The fourth-order valence-corrected chi connectivity index (χ4v) is 3.72. The van der Waals surface area contributed by atoms with Gasteiger partial charge in [-0.1, -0.05) is 19.1 Å². The van der Waals surface area contributed by atoms with Crippen LogP contribution in [0.2, 0.25) is 0 Å². The number of hydrogen-bond acceptors (Lipinski definition) is 4. The molecule has 0 spiro atoms. The van der Waals surface area contributed by atoms with Crippen LogP contribution in [0.3, 0.4) is 0 Å². The largest absolute Gasteiger partial charge is 0.480 e. The smallest absolute Gasteiger partial charge is 0.425 e. The number of halogens is 5. The van der Waals surface area contributed by atoms with Crippen LogP contribution in [0.15, 0.2) is 35.1 Å². The number of aromatic nitrogens is 3. The summed E-state index contributed by atoms with van der Waals surface area (Å²) in [4.78, 5) is 25.9. The maximum Gasteiger partial charge on any atom is 0.425 e. The lowest BCUT2D eigenvalue weighted by molar-refractivity contribution is -0.189. The topological polar surface area (TPSA) is 78.2 Å². The summed E-state index contributed by atoms with van der Waals surface area (Å²) < 4.78 is 76.5. The van der Waals surface area contributed by atoms with Gasteiger partial charge in [-0.2, -0.15) is 17.9 Å². The van der Waals surface area contributed by atoms with Gasteiger partial charge in [0.2, 0.25) is 0 Å². The Morgan fingerprint density at radius 1 is 1.22 bits per heavy atom. The molecule has 0 bridgehead atoms. The summed E-state index contributed by atoms with van der Waals surface area (Å²) in [5.74, 6) is -3.22. The van der Waals surface area contributed by atoms with Gasteiger partial charge in [0.25, 0.3) is 5.91 Å². The van der Waals surface area contributed by atoms with Crippen LogP contribution < -0.4 is 15.7 Å². The SMILES string of the molecule is CCc1nn(-c2cc(OC(C)C(F)(F)F)c(C(=O)Nc3c(C)cccc3F)cc2F)c(=O)n1C1CC1. The van der Waals surface area contributed by atoms with Gasteiger partial charge in [-0.25, -0.2) is 13.6 Å². The Morgan fingerprint density at radius 3 is 2.50 bits per heavy atom. The van der Waals surface area contributed by atoms with Crippen LogP contribution in [-0.2, 0) is 6.42 Å². The standard InChI is InChI=1S/C24H23F5N4O3/c1-4-20-31-33(23(35)32(20)14-8-9-14)18-11-19(36-13(3)24(27,28)29)15(10-17(18)26)22(34)30-21-12(2)6-5-7-16(21)25/h5-7,10-11,13-14H,4,8-9H2,1-3H3,(H,30,34). The highest BCUT2D eigenvalue weighted by molar-refractivity contribution is 6.06. The van der Waals surface area contributed by atoms with Crippen molar-refractivity contribution in [1.29, 1.82) is 0 Å². The second-order valence-electron chi connectivity index (χ2n) is 8.55. The predicted molar refractivity (Wildman–Crippen MR) is 121 cm³/mol. The summed E-state index contributed by atoms with van der Waals surface area (Å²) in [7, 11) is 0. The van der Waals surface area contributed by atoms with Crippen LogP contribution in [0, 0.1) is 18.6 Å². The van der Waals surface area contributed by atoms with Crippen molar-refractivity contribution < 1.29 is 31.5 Å². The van der Waals surface area contributed by atoms with E-state index in [1.165, 1.54) is 23.6 Å². The lowest BCUT2D eigenvalue weighted by atomic mass is 10.1. The highest BCUT2D eigenvalue weighted by Gasteiger charge is 2.39. The Labute approximate surface area is 202 Å². The van der Waals surface area contributed by atoms with Crippen molar-refractivity contribution in [3.05, 3.63) is 69.4 Å². The lowest BCUT2D eigenvalue weighted by Gasteiger charge is -2.20. The van der Waals surface area contributed by atoms with E-state index in [2.05, 4.69) is 10.4 Å². The van der Waals surface area contributed by atoms with Crippen molar-refractivity contribution in [3.63, 3.8) is 0 Å². The molecule has 1 aliphatic rings. The number of alkyl halides is 3. The maximum absolute atomic E-state index is 15.2. The normalized spacial score (nSPS) is 14.6. The van der Waals surface area contributed by atoms with E-state index in [0.29, 0.717) is 23.9 Å². The van der Waals surface area contributed by atoms with E-state index in [1.807, 2.05) is 0 Å². The van der Waals surface area contributed by atoms with E-state index in [9.17, 15) is 27.2 Å². The maximum atomic E-state index is 15.2. The van der Waals surface area contributed by atoms with Crippen molar-refractivity contribution >= 4 is 11.6 Å². The van der Waals surface area contributed by atoms with E-state index in [1.54, 1.807) is 6.92 Å². The minimum Gasteiger partial charge on any atom is -0.480 e. The molecule has 3 aromatic rings. The second kappa shape index (κ2) is 9.40. The molecule has 1 heterocycles. The van der Waals surface area contributed by atoms with Crippen LogP contribution >= 0.6 is 0 Å². The molecule has 1 aliphatic carbocycles. The van der Waals surface area contributed by atoms with Crippen molar-refractivity contribution in [3.8, 4) is 11.4 Å². The average Bonchev–Trinajstić information content (AvgIpc) is 3.59. The van der Waals surface area contributed by atoms with E-state index >= 15 is 4.39 Å². The van der Waals surface area contributed by atoms with Crippen LogP contribution in [0.25, 0.3) is 5.69 Å². The van der Waals surface area contributed by atoms with Crippen molar-refractivity contribution in [1.82, 2.24) is 14.3 Å². The van der Waals surface area contributed by atoms with Gasteiger partial charge in [0.05, 0.1) is 11.3 Å². The van der Waals surface area contributed by atoms with E-state index in [0.717, 1.165) is 36.6 Å². The summed E-state index contributed by atoms with van der Waals surface area (Å²) in [5, 5.41) is 6.41. The summed E-state index contributed by atoms with van der Waals surface area (Å²) in [6.45, 7) is 3.99. The number of amides is 1. The summed E-state index contributed by atoms with van der Waals surface area (Å²) in [5.41, 5.74) is -1.61. The van der Waals surface area contributed by atoms with Gasteiger partial charge in [-0.3, -0.25) is 9.36 Å². The van der Waals surface area contributed by atoms with Crippen LogP contribution in [0.4, 0.5) is 27.6 Å². The third-order valence-corrected chi connectivity index (χ3v) is 5.86. The second-order valence-corrected chi connectivity index (χ2v) is 8.55. The third kappa shape index (κ3) is 4.84. The van der Waals surface area contributed by atoms with Crippen molar-refractivity contribution in [2.24, 2.45) is 0 Å². The molecular weight excluding hydrogens is 487 g/mol. The Hall–Kier alpha value is -3.70. The Bertz CT molecular complexity index is 1360. The highest BCUT2D eigenvalue weighted by Crippen LogP contribution is 2.35. The van der Waals surface area contributed by atoms with Crippen LogP contribution in [0.5, 0.6) is 5.75 Å². The van der Waals surface area contributed by atoms with E-state index in [-0.39, 0.29) is 11.7 Å². The first-order valence-electron chi connectivity index (χ1n) is 11.3. The van der Waals surface area contributed by atoms with E-state index in [4.69, 9.17) is 4.74 Å². The first kappa shape index (κ1) is 25.4. The minimum atomic E-state index is -4.80. The van der Waals surface area contributed by atoms with Gasteiger partial charge >= 0.3 is 11.9 Å². The van der Waals surface area contributed by atoms with Crippen LogP contribution in [0.1, 0.15) is 54.5 Å². The molecule has 192 valence electrons. The fraction of sp³-hybridized carbons (Fsp3) is 0.375. The molecule has 12 heteroatoms. The zero-order chi connectivity index (χ0) is 26.4. The molecule has 36 heavy (non-hydrogen) atoms. The molecule has 0 radical (unpaired) electrons. The van der Waals surface area contributed by atoms with E-state index < -0.39 is 52.5 Å². The minimum absolute atomic E-state index is 0.0701. The fourth-order valence-electron chi connectivity index (χ4n) is 3.72. The molecule has 2 aromatic carbocycles.